The van der Waals surface area contributed by atoms with Crippen molar-refractivity contribution in [3.8, 4) is 0 Å². The molecule has 1 aromatic heterocycles. The van der Waals surface area contributed by atoms with Gasteiger partial charge in [0.1, 0.15) is 5.15 Å². The summed E-state index contributed by atoms with van der Waals surface area (Å²) in [7, 11) is 0. The molecule has 0 bridgehead atoms. The van der Waals surface area contributed by atoms with Gasteiger partial charge >= 0.3 is 5.97 Å². The van der Waals surface area contributed by atoms with Crippen LogP contribution < -0.4 is 0 Å². The van der Waals surface area contributed by atoms with Gasteiger partial charge in [-0.3, -0.25) is 0 Å². The lowest BCUT2D eigenvalue weighted by Crippen LogP contribution is -2.16. The third kappa shape index (κ3) is 4.20. The van der Waals surface area contributed by atoms with Crippen molar-refractivity contribution in [3.63, 3.8) is 0 Å². The molecule has 0 N–H and O–H groups in total. The summed E-state index contributed by atoms with van der Waals surface area (Å²) in [4.78, 5) is 16.2. The molecule has 104 valence electrons. The van der Waals surface area contributed by atoms with Crippen molar-refractivity contribution in [2.75, 3.05) is 6.61 Å². The lowest BCUT2D eigenvalue weighted by atomic mass is 9.91. The number of pyridine rings is 1. The number of rotatable bonds is 4. The Kier molecular flexibility index (Phi) is 4.14. The zero-order valence-corrected chi connectivity index (χ0v) is 12.5. The highest BCUT2D eigenvalue weighted by Gasteiger charge is 2.22. The van der Waals surface area contributed by atoms with E-state index in [-0.39, 0.29) is 11.4 Å². The first-order valence-corrected chi connectivity index (χ1v) is 7.09. The Morgan fingerprint density at radius 1 is 1.42 bits per heavy atom. The Hall–Kier alpha value is -1.09. The Morgan fingerprint density at radius 3 is 2.68 bits per heavy atom. The molecule has 0 atom stereocenters. The first-order chi connectivity index (χ1) is 8.86. The number of hydrogen-bond donors (Lipinski definition) is 0. The molecule has 4 heteroatoms. The van der Waals surface area contributed by atoms with Crippen LogP contribution in [0.2, 0.25) is 5.15 Å². The molecule has 0 radical (unpaired) electrons. The molecule has 0 unspecified atom stereocenters. The number of ether oxygens (including phenoxy) is 1. The van der Waals surface area contributed by atoms with E-state index in [9.17, 15) is 4.79 Å². The van der Waals surface area contributed by atoms with Gasteiger partial charge in [-0.1, -0.05) is 45.2 Å². The van der Waals surface area contributed by atoms with Crippen molar-refractivity contribution in [1.29, 1.82) is 0 Å². The van der Waals surface area contributed by atoms with Gasteiger partial charge in [0, 0.05) is 11.1 Å². The molecule has 2 rings (SSSR count). The number of carbonyl (C=O) groups excluding carboxylic acids is 1. The smallest absolute Gasteiger partial charge is 0.338 e. The van der Waals surface area contributed by atoms with Gasteiger partial charge in [-0.2, -0.15) is 0 Å². The zero-order chi connectivity index (χ0) is 14.0. The van der Waals surface area contributed by atoms with Crippen molar-refractivity contribution >= 4 is 17.6 Å². The molecule has 3 nitrogen and oxygen atoms in total. The minimum Gasteiger partial charge on any atom is -0.462 e. The number of hydrogen-bond acceptors (Lipinski definition) is 3. The van der Waals surface area contributed by atoms with E-state index in [2.05, 4.69) is 4.98 Å². The van der Waals surface area contributed by atoms with Crippen LogP contribution in [0.3, 0.4) is 0 Å². The Balaban J connectivity index is 2.05. The van der Waals surface area contributed by atoms with E-state index in [1.54, 1.807) is 12.1 Å². The molecule has 1 heterocycles. The largest absolute Gasteiger partial charge is 0.462 e. The van der Waals surface area contributed by atoms with Crippen LogP contribution in [0.5, 0.6) is 0 Å². The minimum atomic E-state index is -0.310. The highest BCUT2D eigenvalue weighted by atomic mass is 35.5. The Morgan fingerprint density at radius 2 is 2.11 bits per heavy atom. The molecule has 0 spiro atoms. The average molecular weight is 282 g/mol. The average Bonchev–Trinajstić information content (AvgIpc) is 3.11. The second kappa shape index (κ2) is 5.49. The van der Waals surface area contributed by atoms with Crippen molar-refractivity contribution in [2.45, 2.75) is 45.4 Å². The van der Waals surface area contributed by atoms with Crippen LogP contribution in [0, 0.1) is 5.92 Å². The topological polar surface area (TPSA) is 39.2 Å². The summed E-state index contributed by atoms with van der Waals surface area (Å²) in [5.74, 6) is 0.453. The number of halogens is 1. The summed E-state index contributed by atoms with van der Waals surface area (Å²) in [5, 5.41) is 0.335. The molecule has 1 aliphatic carbocycles. The van der Waals surface area contributed by atoms with Crippen LogP contribution in [0.4, 0.5) is 0 Å². The van der Waals surface area contributed by atoms with Gasteiger partial charge in [0.15, 0.2) is 0 Å². The molecule has 0 amide bonds. The van der Waals surface area contributed by atoms with E-state index < -0.39 is 0 Å². The number of carbonyl (C=O) groups is 1. The molecule has 1 saturated carbocycles. The predicted molar refractivity (Wildman–Crippen MR) is 75.6 cm³/mol. The monoisotopic (exact) mass is 281 g/mol. The van der Waals surface area contributed by atoms with Gasteiger partial charge in [0.2, 0.25) is 0 Å². The summed E-state index contributed by atoms with van der Waals surface area (Å²) < 4.78 is 5.28. The van der Waals surface area contributed by atoms with Crippen LogP contribution in [-0.2, 0) is 10.2 Å². The minimum absolute atomic E-state index is 0.145. The van der Waals surface area contributed by atoms with E-state index in [1.165, 1.54) is 12.8 Å². The van der Waals surface area contributed by atoms with Crippen molar-refractivity contribution in [3.05, 3.63) is 28.5 Å². The van der Waals surface area contributed by atoms with Gasteiger partial charge < -0.3 is 4.74 Å². The summed E-state index contributed by atoms with van der Waals surface area (Å²) in [5.41, 5.74) is 1.14. The standard InChI is InChI=1S/C15H20ClNO2/c1-15(2,3)12-8-11(9-13(16)17-12)14(18)19-7-6-10-4-5-10/h8-10H,4-7H2,1-3H3. The molecule has 19 heavy (non-hydrogen) atoms. The Labute approximate surface area is 119 Å². The zero-order valence-electron chi connectivity index (χ0n) is 11.7. The van der Waals surface area contributed by atoms with Crippen LogP contribution >= 0.6 is 11.6 Å². The normalized spacial score (nSPS) is 15.4. The second-order valence-corrected chi connectivity index (χ2v) is 6.57. The van der Waals surface area contributed by atoms with Gasteiger partial charge in [0.05, 0.1) is 12.2 Å². The van der Waals surface area contributed by atoms with Crippen LogP contribution in [0.1, 0.15) is 56.1 Å². The SMILES string of the molecule is CC(C)(C)c1cc(C(=O)OCCC2CC2)cc(Cl)n1. The molecule has 1 fully saturated rings. The predicted octanol–water partition coefficient (Wildman–Crippen LogP) is 3.99. The third-order valence-electron chi connectivity index (χ3n) is 3.25. The maximum absolute atomic E-state index is 12.0. The first-order valence-electron chi connectivity index (χ1n) is 6.71. The quantitative estimate of drug-likeness (QED) is 0.619. The fourth-order valence-corrected chi connectivity index (χ4v) is 2.02. The Bertz CT molecular complexity index is 476. The molecule has 1 aliphatic rings. The second-order valence-electron chi connectivity index (χ2n) is 6.18. The molecule has 1 aromatic rings. The summed E-state index contributed by atoms with van der Waals surface area (Å²) in [6.45, 7) is 6.60. The fraction of sp³-hybridized carbons (Fsp3) is 0.600. The highest BCUT2D eigenvalue weighted by molar-refractivity contribution is 6.29. The third-order valence-corrected chi connectivity index (χ3v) is 3.45. The van der Waals surface area contributed by atoms with E-state index in [1.807, 2.05) is 20.8 Å². The maximum atomic E-state index is 12.0. The lowest BCUT2D eigenvalue weighted by Gasteiger charge is -2.18. The van der Waals surface area contributed by atoms with Crippen LogP contribution in [-0.4, -0.2) is 17.6 Å². The summed E-state index contributed by atoms with van der Waals surface area (Å²) in [6.07, 6.45) is 3.51. The van der Waals surface area contributed by atoms with Crippen LogP contribution in [0.25, 0.3) is 0 Å². The first kappa shape index (κ1) is 14.3. The van der Waals surface area contributed by atoms with Gasteiger partial charge in [-0.15, -0.1) is 0 Å². The van der Waals surface area contributed by atoms with E-state index in [4.69, 9.17) is 16.3 Å². The molecule has 0 aromatic carbocycles. The van der Waals surface area contributed by atoms with Crippen LogP contribution in [0.15, 0.2) is 12.1 Å². The van der Waals surface area contributed by atoms with E-state index >= 15 is 0 Å². The van der Waals surface area contributed by atoms with Crippen molar-refractivity contribution in [1.82, 2.24) is 4.98 Å². The molecular formula is C15H20ClNO2. The van der Waals surface area contributed by atoms with Gasteiger partial charge in [0.25, 0.3) is 0 Å². The molecule has 0 saturated heterocycles. The highest BCUT2D eigenvalue weighted by Crippen LogP contribution is 2.32. The molecular weight excluding hydrogens is 262 g/mol. The lowest BCUT2D eigenvalue weighted by molar-refractivity contribution is 0.0494. The number of nitrogens with zero attached hydrogens (tertiary/aromatic N) is 1. The number of aromatic nitrogens is 1. The summed E-state index contributed by atoms with van der Waals surface area (Å²) >= 11 is 5.98. The van der Waals surface area contributed by atoms with Gasteiger partial charge in [-0.25, -0.2) is 9.78 Å². The molecule has 0 aliphatic heterocycles. The summed E-state index contributed by atoms with van der Waals surface area (Å²) in [6, 6.07) is 3.33. The van der Waals surface area contributed by atoms with Gasteiger partial charge in [-0.05, 0) is 24.5 Å². The fourth-order valence-electron chi connectivity index (χ4n) is 1.81. The maximum Gasteiger partial charge on any atom is 0.338 e. The number of esters is 1. The van der Waals surface area contributed by atoms with E-state index in [0.717, 1.165) is 18.0 Å². The van der Waals surface area contributed by atoms with Crippen molar-refractivity contribution in [2.24, 2.45) is 5.92 Å². The van der Waals surface area contributed by atoms with E-state index in [0.29, 0.717) is 17.3 Å². The van der Waals surface area contributed by atoms with Crippen molar-refractivity contribution < 1.29 is 9.53 Å².